The summed E-state index contributed by atoms with van der Waals surface area (Å²) in [5, 5.41) is 0. The number of rotatable bonds is 6. The summed E-state index contributed by atoms with van der Waals surface area (Å²) in [5.41, 5.74) is 2.05. The first kappa shape index (κ1) is 21.5. The molecule has 0 N–H and O–H groups in total. The lowest BCUT2D eigenvalue weighted by atomic mass is 9.84. The third-order valence-electron chi connectivity index (χ3n) is 6.36. The zero-order valence-corrected chi connectivity index (χ0v) is 18.7. The first-order chi connectivity index (χ1) is 14.4. The van der Waals surface area contributed by atoms with Crippen LogP contribution in [0.4, 0.5) is 0 Å². The van der Waals surface area contributed by atoms with E-state index in [4.69, 9.17) is 0 Å². The smallest absolute Gasteiger partial charge is 0.229 e. The van der Waals surface area contributed by atoms with Crippen LogP contribution < -0.4 is 0 Å². The molecule has 0 spiro atoms. The zero-order valence-electron chi connectivity index (χ0n) is 17.1. The standard InChI is InChI=1S/C23H29NO4S2/c25-29(26)16-15-22(18-29)24(17-19-7-3-1-4-8-19)30(27,28)23-13-11-21(12-14-23)20-9-5-2-6-10-20/h1,3-4,7-8,11-14,20,22H,2,5-6,9-10,15-18H2/t22-/m1/s1. The topological polar surface area (TPSA) is 71.5 Å². The average molecular weight is 448 g/mol. The van der Waals surface area contributed by atoms with E-state index in [1.54, 1.807) is 12.1 Å². The van der Waals surface area contributed by atoms with Crippen molar-refractivity contribution in [2.75, 3.05) is 11.5 Å². The van der Waals surface area contributed by atoms with Crippen LogP contribution in [-0.4, -0.2) is 38.7 Å². The Morgan fingerprint density at radius 2 is 1.53 bits per heavy atom. The van der Waals surface area contributed by atoms with Crippen molar-refractivity contribution >= 4 is 19.9 Å². The molecule has 1 heterocycles. The summed E-state index contributed by atoms with van der Waals surface area (Å²) in [5.74, 6) is 0.439. The van der Waals surface area contributed by atoms with Crippen LogP contribution in [0.2, 0.25) is 0 Å². The molecule has 4 rings (SSSR count). The highest BCUT2D eigenvalue weighted by Gasteiger charge is 2.38. The molecule has 1 atom stereocenters. The van der Waals surface area contributed by atoms with E-state index >= 15 is 0 Å². The van der Waals surface area contributed by atoms with Gasteiger partial charge in [0.05, 0.1) is 16.4 Å². The summed E-state index contributed by atoms with van der Waals surface area (Å²) in [7, 11) is -7.01. The van der Waals surface area contributed by atoms with Crippen molar-refractivity contribution in [2.24, 2.45) is 0 Å². The third kappa shape index (κ3) is 4.79. The Balaban J connectivity index is 1.62. The molecule has 0 aromatic heterocycles. The van der Waals surface area contributed by atoms with Crippen LogP contribution in [0.5, 0.6) is 0 Å². The van der Waals surface area contributed by atoms with E-state index in [0.29, 0.717) is 12.3 Å². The molecular weight excluding hydrogens is 418 g/mol. The van der Waals surface area contributed by atoms with Crippen molar-refractivity contribution in [3.63, 3.8) is 0 Å². The quantitative estimate of drug-likeness (QED) is 0.668. The van der Waals surface area contributed by atoms with Gasteiger partial charge in [-0.1, -0.05) is 61.7 Å². The second-order valence-corrected chi connectivity index (χ2v) is 12.6. The fourth-order valence-electron chi connectivity index (χ4n) is 4.66. The van der Waals surface area contributed by atoms with E-state index in [2.05, 4.69) is 0 Å². The van der Waals surface area contributed by atoms with Crippen LogP contribution in [-0.2, 0) is 26.4 Å². The Morgan fingerprint density at radius 3 is 2.13 bits per heavy atom. The molecule has 2 aliphatic rings. The molecule has 0 bridgehead atoms. The number of sulfonamides is 1. The molecule has 0 radical (unpaired) electrons. The zero-order chi connectivity index (χ0) is 21.2. The van der Waals surface area contributed by atoms with Crippen molar-refractivity contribution in [2.45, 2.75) is 61.9 Å². The van der Waals surface area contributed by atoms with Gasteiger partial charge in [-0.05, 0) is 48.4 Å². The molecule has 1 aliphatic carbocycles. The maximum atomic E-state index is 13.6. The Kier molecular flexibility index (Phi) is 6.32. The Bertz CT molecular complexity index is 1060. The first-order valence-electron chi connectivity index (χ1n) is 10.7. The minimum absolute atomic E-state index is 0.0408. The lowest BCUT2D eigenvalue weighted by molar-refractivity contribution is 0.334. The van der Waals surface area contributed by atoms with Gasteiger partial charge in [0.15, 0.2) is 9.84 Å². The monoisotopic (exact) mass is 447 g/mol. The molecule has 30 heavy (non-hydrogen) atoms. The van der Waals surface area contributed by atoms with Gasteiger partial charge in [0, 0.05) is 12.6 Å². The molecular formula is C23H29NO4S2. The maximum Gasteiger partial charge on any atom is 0.243 e. The van der Waals surface area contributed by atoms with Crippen LogP contribution >= 0.6 is 0 Å². The van der Waals surface area contributed by atoms with E-state index in [-0.39, 0.29) is 22.9 Å². The first-order valence-corrected chi connectivity index (χ1v) is 14.0. The molecule has 0 amide bonds. The van der Waals surface area contributed by atoms with Gasteiger partial charge < -0.3 is 0 Å². The minimum Gasteiger partial charge on any atom is -0.229 e. The second kappa shape index (κ2) is 8.81. The Hall–Kier alpha value is -1.70. The highest BCUT2D eigenvalue weighted by atomic mass is 32.2. The Labute approximate surface area is 180 Å². The van der Waals surface area contributed by atoms with Crippen LogP contribution in [0.1, 0.15) is 55.6 Å². The summed E-state index contributed by atoms with van der Waals surface area (Å²) < 4.78 is 52.6. The van der Waals surface area contributed by atoms with Gasteiger partial charge in [0.1, 0.15) is 0 Å². The molecule has 1 aliphatic heterocycles. The van der Waals surface area contributed by atoms with Gasteiger partial charge in [-0.25, -0.2) is 16.8 Å². The largest absolute Gasteiger partial charge is 0.243 e. The second-order valence-electron chi connectivity index (χ2n) is 8.50. The summed E-state index contributed by atoms with van der Waals surface area (Å²) in [4.78, 5) is 0.238. The van der Waals surface area contributed by atoms with E-state index in [1.807, 2.05) is 42.5 Å². The van der Waals surface area contributed by atoms with Crippen LogP contribution in [0.25, 0.3) is 0 Å². The van der Waals surface area contributed by atoms with Crippen LogP contribution in [0.3, 0.4) is 0 Å². The van der Waals surface area contributed by atoms with Crippen molar-refractivity contribution < 1.29 is 16.8 Å². The fourth-order valence-corrected chi connectivity index (χ4v) is 8.13. The fraction of sp³-hybridized carbons (Fsp3) is 0.478. The third-order valence-corrected chi connectivity index (χ3v) is 10.0. The molecule has 0 unspecified atom stereocenters. The number of sulfone groups is 1. The SMILES string of the molecule is O=S1(=O)CC[C@@H](N(Cc2ccccc2)S(=O)(=O)c2ccc(C3CCCCC3)cc2)C1. The van der Waals surface area contributed by atoms with Gasteiger partial charge >= 0.3 is 0 Å². The highest BCUT2D eigenvalue weighted by molar-refractivity contribution is 7.92. The summed E-state index contributed by atoms with van der Waals surface area (Å²) in [6.45, 7) is 0.174. The predicted octanol–water partition coefficient (Wildman–Crippen LogP) is 4.11. The van der Waals surface area contributed by atoms with E-state index in [0.717, 1.165) is 18.4 Å². The molecule has 162 valence electrons. The molecule has 2 aromatic rings. The molecule has 2 aromatic carbocycles. The molecule has 2 fully saturated rings. The van der Waals surface area contributed by atoms with E-state index < -0.39 is 25.9 Å². The van der Waals surface area contributed by atoms with Gasteiger partial charge in [-0.3, -0.25) is 0 Å². The van der Waals surface area contributed by atoms with Gasteiger partial charge in [0.25, 0.3) is 0 Å². The molecule has 1 saturated carbocycles. The summed E-state index contributed by atoms with van der Waals surface area (Å²) >= 11 is 0. The van der Waals surface area contributed by atoms with E-state index in [9.17, 15) is 16.8 Å². The van der Waals surface area contributed by atoms with Crippen molar-refractivity contribution in [1.29, 1.82) is 0 Å². The van der Waals surface area contributed by atoms with Crippen molar-refractivity contribution in [1.82, 2.24) is 4.31 Å². The normalized spacial score (nSPS) is 22.4. The minimum atomic E-state index is -3.81. The number of nitrogens with zero attached hydrogens (tertiary/aromatic N) is 1. The molecule has 1 saturated heterocycles. The van der Waals surface area contributed by atoms with E-state index in [1.165, 1.54) is 29.1 Å². The lowest BCUT2D eigenvalue weighted by Crippen LogP contribution is -2.40. The van der Waals surface area contributed by atoms with Gasteiger partial charge in [-0.2, -0.15) is 4.31 Å². The van der Waals surface area contributed by atoms with Gasteiger partial charge in [-0.15, -0.1) is 0 Å². The highest BCUT2D eigenvalue weighted by Crippen LogP contribution is 2.34. The summed E-state index contributed by atoms with van der Waals surface area (Å²) in [6.07, 6.45) is 6.39. The maximum absolute atomic E-state index is 13.6. The number of benzene rings is 2. The van der Waals surface area contributed by atoms with Crippen LogP contribution in [0.15, 0.2) is 59.5 Å². The van der Waals surface area contributed by atoms with Crippen molar-refractivity contribution in [3.8, 4) is 0 Å². The Morgan fingerprint density at radius 1 is 0.867 bits per heavy atom. The number of hydrogen-bond acceptors (Lipinski definition) is 4. The lowest BCUT2D eigenvalue weighted by Gasteiger charge is -2.28. The summed E-state index contributed by atoms with van der Waals surface area (Å²) in [6, 6.07) is 16.1. The van der Waals surface area contributed by atoms with Gasteiger partial charge in [0.2, 0.25) is 10.0 Å². The van der Waals surface area contributed by atoms with Crippen LogP contribution in [0, 0.1) is 0 Å². The number of hydrogen-bond donors (Lipinski definition) is 0. The molecule has 5 nitrogen and oxygen atoms in total. The predicted molar refractivity (Wildman–Crippen MR) is 118 cm³/mol. The average Bonchev–Trinajstić information content (AvgIpc) is 3.12. The van der Waals surface area contributed by atoms with Crippen molar-refractivity contribution in [3.05, 3.63) is 65.7 Å². The molecule has 7 heteroatoms.